The number of carbonyl (C=O) groups is 1. The average Bonchev–Trinajstić information content (AvgIpc) is 2.88. The second-order valence-corrected chi connectivity index (χ2v) is 10.9. The Kier molecular flexibility index (Phi) is 5.53. The van der Waals surface area contributed by atoms with Crippen molar-refractivity contribution in [3.8, 4) is 0 Å². The first-order valence-corrected chi connectivity index (χ1v) is 12.6. The minimum absolute atomic E-state index is 0.0485. The van der Waals surface area contributed by atoms with Gasteiger partial charge in [-0.15, -0.1) is 4.83 Å². The fraction of sp³-hybridized carbons (Fsp3) is 0.136. The molecule has 1 aliphatic carbocycles. The molecular weight excluding hydrogens is 450 g/mol. The largest absolute Gasteiger partial charge is 0.354 e. The SMILES string of the molecule is Cc1ccc(S(=O)(=O)NN2C(=O)N(S(=O)(=O)c3ccc(C)cc3)C3C=CC=CC=C32)cc1. The summed E-state index contributed by atoms with van der Waals surface area (Å²) in [5.41, 5.74) is 1.91. The monoisotopic (exact) mass is 471 g/mol. The van der Waals surface area contributed by atoms with Crippen molar-refractivity contribution < 1.29 is 21.6 Å². The van der Waals surface area contributed by atoms with Crippen LogP contribution in [-0.4, -0.2) is 38.2 Å². The van der Waals surface area contributed by atoms with Crippen LogP contribution in [0.5, 0.6) is 0 Å². The van der Waals surface area contributed by atoms with Gasteiger partial charge < -0.3 is 0 Å². The van der Waals surface area contributed by atoms with Crippen LogP contribution in [0, 0.1) is 13.8 Å². The van der Waals surface area contributed by atoms with Crippen LogP contribution in [0.25, 0.3) is 0 Å². The predicted molar refractivity (Wildman–Crippen MR) is 119 cm³/mol. The fourth-order valence-corrected chi connectivity index (χ4v) is 5.87. The quantitative estimate of drug-likeness (QED) is 0.722. The van der Waals surface area contributed by atoms with Crippen LogP contribution in [0.2, 0.25) is 0 Å². The Hall–Kier alpha value is -3.21. The molecule has 2 amide bonds. The summed E-state index contributed by atoms with van der Waals surface area (Å²) >= 11 is 0. The molecule has 8 nitrogen and oxygen atoms in total. The van der Waals surface area contributed by atoms with E-state index in [2.05, 4.69) is 4.83 Å². The van der Waals surface area contributed by atoms with Gasteiger partial charge in [0.1, 0.15) is 6.04 Å². The Morgan fingerprint density at radius 3 is 1.94 bits per heavy atom. The molecule has 2 aromatic rings. The molecule has 1 saturated heterocycles. The number of aryl methyl sites for hydroxylation is 2. The Bertz CT molecular complexity index is 1360. The van der Waals surface area contributed by atoms with Crippen LogP contribution in [0.3, 0.4) is 0 Å². The molecule has 1 unspecified atom stereocenters. The number of amides is 2. The Labute approximate surface area is 187 Å². The number of urea groups is 1. The van der Waals surface area contributed by atoms with E-state index in [-0.39, 0.29) is 15.5 Å². The second-order valence-electron chi connectivity index (χ2n) is 7.45. The van der Waals surface area contributed by atoms with E-state index in [1.165, 1.54) is 36.4 Å². The van der Waals surface area contributed by atoms with Gasteiger partial charge in [-0.2, -0.15) is 0 Å². The number of allylic oxidation sites excluding steroid dienone is 4. The maximum Gasteiger partial charge on any atom is 0.354 e. The highest BCUT2D eigenvalue weighted by Gasteiger charge is 2.49. The van der Waals surface area contributed by atoms with Gasteiger partial charge >= 0.3 is 6.03 Å². The number of nitrogens with one attached hydrogen (secondary N) is 1. The molecule has 4 rings (SSSR count). The average molecular weight is 472 g/mol. The van der Waals surface area contributed by atoms with Crippen LogP contribution in [0.4, 0.5) is 4.79 Å². The molecule has 1 atom stereocenters. The molecule has 1 heterocycles. The van der Waals surface area contributed by atoms with Crippen molar-refractivity contribution >= 4 is 26.1 Å². The zero-order valence-corrected chi connectivity index (χ0v) is 19.0. The smallest absolute Gasteiger partial charge is 0.245 e. The van der Waals surface area contributed by atoms with Gasteiger partial charge in [0, 0.05) is 0 Å². The fourth-order valence-electron chi connectivity index (χ4n) is 3.38. The van der Waals surface area contributed by atoms with Gasteiger partial charge in [0.15, 0.2) is 0 Å². The van der Waals surface area contributed by atoms with E-state index in [4.69, 9.17) is 0 Å². The summed E-state index contributed by atoms with van der Waals surface area (Å²) in [6.07, 6.45) is 7.91. The van der Waals surface area contributed by atoms with Gasteiger partial charge in [-0.25, -0.2) is 30.9 Å². The summed E-state index contributed by atoms with van der Waals surface area (Å²) in [7, 11) is -8.41. The van der Waals surface area contributed by atoms with Crippen molar-refractivity contribution in [2.75, 3.05) is 0 Å². The molecule has 32 heavy (non-hydrogen) atoms. The third-order valence-electron chi connectivity index (χ3n) is 5.10. The molecule has 166 valence electrons. The van der Waals surface area contributed by atoms with E-state index in [0.29, 0.717) is 4.31 Å². The maximum absolute atomic E-state index is 13.4. The Morgan fingerprint density at radius 2 is 1.34 bits per heavy atom. The maximum atomic E-state index is 13.4. The second kappa shape index (κ2) is 8.05. The molecule has 2 aromatic carbocycles. The number of hydrogen-bond acceptors (Lipinski definition) is 5. The third kappa shape index (κ3) is 3.88. The van der Waals surface area contributed by atoms with Crippen molar-refractivity contribution in [2.45, 2.75) is 29.7 Å². The van der Waals surface area contributed by atoms with Gasteiger partial charge in [0.2, 0.25) is 0 Å². The van der Waals surface area contributed by atoms with E-state index >= 15 is 0 Å². The number of benzene rings is 2. The van der Waals surface area contributed by atoms with E-state index in [1.54, 1.807) is 42.5 Å². The number of fused-ring (bicyclic) bond motifs is 1. The van der Waals surface area contributed by atoms with Crippen molar-refractivity contribution in [3.05, 3.63) is 95.7 Å². The summed E-state index contributed by atoms with van der Waals surface area (Å²) < 4.78 is 53.3. The molecule has 10 heteroatoms. The van der Waals surface area contributed by atoms with Crippen LogP contribution >= 0.6 is 0 Å². The Balaban J connectivity index is 1.76. The van der Waals surface area contributed by atoms with Crippen molar-refractivity contribution in [3.63, 3.8) is 0 Å². The number of rotatable bonds is 5. The topological polar surface area (TPSA) is 104 Å². The number of carbonyl (C=O) groups excluding carboxylic acids is 1. The molecule has 0 radical (unpaired) electrons. The lowest BCUT2D eigenvalue weighted by molar-refractivity contribution is 0.204. The lowest BCUT2D eigenvalue weighted by Crippen LogP contribution is -2.45. The van der Waals surface area contributed by atoms with E-state index in [1.807, 2.05) is 13.8 Å². The molecule has 0 aromatic heterocycles. The van der Waals surface area contributed by atoms with E-state index < -0.39 is 32.1 Å². The number of hydrazine groups is 1. The standard InChI is InChI=1S/C22H21N3O5S2/c1-16-8-12-18(13-9-16)31(27,28)23-24-20-6-4-3-5-7-21(20)25(22(24)26)32(29,30)19-14-10-17(2)11-15-19/h3-15,21,23H,1-2H3. The molecule has 1 aliphatic heterocycles. The minimum Gasteiger partial charge on any atom is -0.245 e. The lowest BCUT2D eigenvalue weighted by atomic mass is 10.2. The number of nitrogens with zero attached hydrogens (tertiary/aromatic N) is 2. The molecule has 1 fully saturated rings. The molecule has 2 aliphatic rings. The summed E-state index contributed by atoms with van der Waals surface area (Å²) in [5.74, 6) is 0. The lowest BCUT2D eigenvalue weighted by Gasteiger charge is -2.20. The number of hydrogen-bond donors (Lipinski definition) is 1. The van der Waals surface area contributed by atoms with Gasteiger partial charge in [0.25, 0.3) is 20.0 Å². The number of sulfonamides is 2. The van der Waals surface area contributed by atoms with Gasteiger partial charge in [-0.1, -0.05) is 59.7 Å². The van der Waals surface area contributed by atoms with Crippen LogP contribution < -0.4 is 4.83 Å². The highest BCUT2D eigenvalue weighted by Crippen LogP contribution is 2.33. The first-order chi connectivity index (χ1) is 15.1. The minimum atomic E-state index is -4.26. The predicted octanol–water partition coefficient (Wildman–Crippen LogP) is 3.00. The zero-order chi connectivity index (χ0) is 23.1. The molecular formula is C22H21N3O5S2. The van der Waals surface area contributed by atoms with Crippen molar-refractivity contribution in [2.24, 2.45) is 0 Å². The zero-order valence-electron chi connectivity index (χ0n) is 17.3. The summed E-state index contributed by atoms with van der Waals surface area (Å²) in [6.45, 7) is 3.64. The summed E-state index contributed by atoms with van der Waals surface area (Å²) in [4.78, 5) is 15.4. The van der Waals surface area contributed by atoms with Crippen molar-refractivity contribution in [1.29, 1.82) is 0 Å². The van der Waals surface area contributed by atoms with Gasteiger partial charge in [0.05, 0.1) is 15.5 Å². The van der Waals surface area contributed by atoms with Crippen LogP contribution in [-0.2, 0) is 20.0 Å². The highest BCUT2D eigenvalue weighted by molar-refractivity contribution is 7.90. The van der Waals surface area contributed by atoms with Crippen LogP contribution in [0.15, 0.2) is 94.4 Å². The molecule has 0 saturated carbocycles. The first-order valence-electron chi connectivity index (χ1n) is 9.71. The highest BCUT2D eigenvalue weighted by atomic mass is 32.2. The summed E-state index contributed by atoms with van der Waals surface area (Å²) in [6, 6.07) is 10.2. The molecule has 1 N–H and O–H groups in total. The summed E-state index contributed by atoms with van der Waals surface area (Å²) in [5, 5.41) is 0.769. The van der Waals surface area contributed by atoms with E-state index in [0.717, 1.165) is 16.1 Å². The van der Waals surface area contributed by atoms with E-state index in [9.17, 15) is 21.6 Å². The van der Waals surface area contributed by atoms with Gasteiger partial charge in [-0.05, 0) is 44.2 Å². The molecule has 0 spiro atoms. The first kappa shape index (κ1) is 22.0. The Morgan fingerprint density at radius 1 is 0.781 bits per heavy atom. The molecule has 0 bridgehead atoms. The van der Waals surface area contributed by atoms with Crippen molar-refractivity contribution in [1.82, 2.24) is 14.1 Å². The third-order valence-corrected chi connectivity index (χ3v) is 8.18. The normalized spacial score (nSPS) is 18.5. The van der Waals surface area contributed by atoms with Crippen LogP contribution in [0.1, 0.15) is 11.1 Å². The van der Waals surface area contributed by atoms with Gasteiger partial charge in [-0.3, -0.25) is 0 Å².